The second-order valence-corrected chi connectivity index (χ2v) is 7.36. The summed E-state index contributed by atoms with van der Waals surface area (Å²) >= 11 is 0. The molecule has 2 saturated heterocycles. The zero-order valence-corrected chi connectivity index (χ0v) is 16.3. The summed E-state index contributed by atoms with van der Waals surface area (Å²) in [7, 11) is 0. The normalized spacial score (nSPS) is 17.4. The van der Waals surface area contributed by atoms with Crippen LogP contribution in [0.4, 0.5) is 10.2 Å². The number of rotatable bonds is 6. The number of halogens is 1. The van der Waals surface area contributed by atoms with Gasteiger partial charge in [-0.2, -0.15) is 0 Å². The van der Waals surface area contributed by atoms with E-state index in [1.807, 2.05) is 6.07 Å². The molecule has 2 fully saturated rings. The number of ether oxygens (including phenoxy) is 2. The lowest BCUT2D eigenvalue weighted by Gasteiger charge is -2.32. The molecule has 0 bridgehead atoms. The minimum Gasteiger partial charge on any atom is -0.490 e. The number of benzene rings is 1. The molecule has 8 heteroatoms. The number of nitrogens with zero attached hydrogens (tertiary/aromatic N) is 4. The first-order chi connectivity index (χ1) is 14.2. The molecule has 0 atom stereocenters. The van der Waals surface area contributed by atoms with Crippen LogP contribution in [0.15, 0.2) is 36.4 Å². The zero-order valence-electron chi connectivity index (χ0n) is 16.3. The van der Waals surface area contributed by atoms with Crippen molar-refractivity contribution in [1.29, 1.82) is 0 Å². The highest BCUT2D eigenvalue weighted by molar-refractivity contribution is 5.77. The van der Waals surface area contributed by atoms with E-state index < -0.39 is 0 Å². The predicted octanol–water partition coefficient (Wildman–Crippen LogP) is 2.66. The summed E-state index contributed by atoms with van der Waals surface area (Å²) < 4.78 is 24.4. The standard InChI is InChI=1S/C21H25FN4O3/c22-16-3-5-17(6-4-16)29-18-9-13-26(14-10-18)21(27)15-28-20-8-7-19(23-24-20)25-11-1-2-12-25/h3-8,18H,1-2,9-15H2. The molecule has 7 nitrogen and oxygen atoms in total. The molecular formula is C21H25FN4O3. The Morgan fingerprint density at radius 3 is 2.38 bits per heavy atom. The Morgan fingerprint density at radius 2 is 1.72 bits per heavy atom. The summed E-state index contributed by atoms with van der Waals surface area (Å²) in [5.74, 6) is 1.50. The number of aromatic nitrogens is 2. The lowest BCUT2D eigenvalue weighted by molar-refractivity contribution is -0.135. The Balaban J connectivity index is 1.20. The lowest BCUT2D eigenvalue weighted by atomic mass is 10.1. The largest absolute Gasteiger partial charge is 0.490 e. The first-order valence-corrected chi connectivity index (χ1v) is 10.1. The maximum Gasteiger partial charge on any atom is 0.260 e. The van der Waals surface area contributed by atoms with Gasteiger partial charge in [-0.3, -0.25) is 4.79 Å². The van der Waals surface area contributed by atoms with E-state index >= 15 is 0 Å². The summed E-state index contributed by atoms with van der Waals surface area (Å²) in [5.41, 5.74) is 0. The van der Waals surface area contributed by atoms with Gasteiger partial charge in [0.1, 0.15) is 17.7 Å². The van der Waals surface area contributed by atoms with Crippen LogP contribution in [0.1, 0.15) is 25.7 Å². The van der Waals surface area contributed by atoms with Crippen LogP contribution < -0.4 is 14.4 Å². The van der Waals surface area contributed by atoms with Crippen LogP contribution in [0.3, 0.4) is 0 Å². The minimum absolute atomic E-state index is 0.0226. The third kappa shape index (κ3) is 5.13. The fourth-order valence-corrected chi connectivity index (χ4v) is 3.66. The van der Waals surface area contributed by atoms with Gasteiger partial charge in [0.2, 0.25) is 5.88 Å². The molecular weight excluding hydrogens is 375 g/mol. The van der Waals surface area contributed by atoms with E-state index in [0.29, 0.717) is 24.7 Å². The molecule has 29 heavy (non-hydrogen) atoms. The topological polar surface area (TPSA) is 67.8 Å². The molecule has 0 N–H and O–H groups in total. The molecule has 4 rings (SSSR count). The highest BCUT2D eigenvalue weighted by Gasteiger charge is 2.24. The number of carbonyl (C=O) groups is 1. The Bertz CT molecular complexity index is 802. The van der Waals surface area contributed by atoms with E-state index in [0.717, 1.165) is 31.7 Å². The molecule has 1 amide bonds. The second-order valence-electron chi connectivity index (χ2n) is 7.36. The number of likely N-dealkylation sites (tertiary alicyclic amines) is 1. The number of anilines is 1. The Morgan fingerprint density at radius 1 is 1.00 bits per heavy atom. The van der Waals surface area contributed by atoms with Gasteiger partial charge in [0.15, 0.2) is 12.4 Å². The van der Waals surface area contributed by atoms with Crippen LogP contribution in [-0.4, -0.2) is 59.9 Å². The van der Waals surface area contributed by atoms with E-state index in [1.54, 1.807) is 23.1 Å². The fourth-order valence-electron chi connectivity index (χ4n) is 3.66. The zero-order chi connectivity index (χ0) is 20.1. The quantitative estimate of drug-likeness (QED) is 0.743. The Hall–Kier alpha value is -2.90. The molecule has 1 aromatic heterocycles. The predicted molar refractivity (Wildman–Crippen MR) is 106 cm³/mol. The lowest BCUT2D eigenvalue weighted by Crippen LogP contribution is -2.43. The van der Waals surface area contributed by atoms with Gasteiger partial charge in [-0.05, 0) is 43.2 Å². The van der Waals surface area contributed by atoms with Gasteiger partial charge in [0.05, 0.1) is 0 Å². The van der Waals surface area contributed by atoms with Gasteiger partial charge in [-0.25, -0.2) is 4.39 Å². The summed E-state index contributed by atoms with van der Waals surface area (Å²) in [5, 5.41) is 8.27. The van der Waals surface area contributed by atoms with Crippen molar-refractivity contribution in [1.82, 2.24) is 15.1 Å². The van der Waals surface area contributed by atoms with Crippen molar-refractivity contribution in [2.75, 3.05) is 37.7 Å². The molecule has 0 radical (unpaired) electrons. The third-order valence-electron chi connectivity index (χ3n) is 5.31. The highest BCUT2D eigenvalue weighted by Crippen LogP contribution is 2.20. The van der Waals surface area contributed by atoms with E-state index in [4.69, 9.17) is 9.47 Å². The monoisotopic (exact) mass is 400 g/mol. The van der Waals surface area contributed by atoms with Crippen molar-refractivity contribution in [3.63, 3.8) is 0 Å². The Kier molecular flexibility index (Phi) is 6.07. The van der Waals surface area contributed by atoms with Crippen molar-refractivity contribution in [2.24, 2.45) is 0 Å². The minimum atomic E-state index is -0.284. The van der Waals surface area contributed by atoms with Crippen molar-refractivity contribution in [2.45, 2.75) is 31.8 Å². The number of hydrogen-bond donors (Lipinski definition) is 0. The van der Waals surface area contributed by atoms with Crippen molar-refractivity contribution in [3.05, 3.63) is 42.2 Å². The Labute approximate surface area is 169 Å². The molecule has 2 aliphatic heterocycles. The molecule has 2 aromatic rings. The van der Waals surface area contributed by atoms with Crippen LogP contribution in [0.2, 0.25) is 0 Å². The molecule has 154 valence electrons. The van der Waals surface area contributed by atoms with Crippen molar-refractivity contribution < 1.29 is 18.7 Å². The molecule has 0 aliphatic carbocycles. The number of piperidine rings is 1. The maximum atomic E-state index is 13.0. The van der Waals surface area contributed by atoms with Gasteiger partial charge >= 0.3 is 0 Å². The summed E-state index contributed by atoms with van der Waals surface area (Å²) in [6, 6.07) is 9.65. The molecule has 1 aromatic carbocycles. The van der Waals surface area contributed by atoms with E-state index in [2.05, 4.69) is 15.1 Å². The average molecular weight is 400 g/mol. The molecule has 2 aliphatic rings. The number of hydrogen-bond acceptors (Lipinski definition) is 6. The number of carbonyl (C=O) groups excluding carboxylic acids is 1. The SMILES string of the molecule is O=C(COc1ccc(N2CCCC2)nn1)N1CCC(Oc2ccc(F)cc2)CC1. The van der Waals surface area contributed by atoms with Gasteiger partial charge in [0.25, 0.3) is 5.91 Å². The summed E-state index contributed by atoms with van der Waals surface area (Å²) in [6.45, 7) is 3.17. The van der Waals surface area contributed by atoms with Gasteiger partial charge in [-0.15, -0.1) is 10.2 Å². The number of amides is 1. The highest BCUT2D eigenvalue weighted by atomic mass is 19.1. The van der Waals surface area contributed by atoms with E-state index in [9.17, 15) is 9.18 Å². The maximum absolute atomic E-state index is 13.0. The van der Waals surface area contributed by atoms with Crippen LogP contribution in [0.25, 0.3) is 0 Å². The molecule has 0 saturated carbocycles. The van der Waals surface area contributed by atoms with Crippen molar-refractivity contribution in [3.8, 4) is 11.6 Å². The van der Waals surface area contributed by atoms with Crippen LogP contribution >= 0.6 is 0 Å². The first kappa shape index (κ1) is 19.4. The summed E-state index contributed by atoms with van der Waals surface area (Å²) in [4.78, 5) is 16.4. The van der Waals surface area contributed by atoms with Crippen LogP contribution in [-0.2, 0) is 4.79 Å². The fraction of sp³-hybridized carbons (Fsp3) is 0.476. The van der Waals surface area contributed by atoms with Crippen LogP contribution in [0.5, 0.6) is 11.6 Å². The summed E-state index contributed by atoms with van der Waals surface area (Å²) in [6.07, 6.45) is 3.84. The molecule has 3 heterocycles. The smallest absolute Gasteiger partial charge is 0.260 e. The second kappa shape index (κ2) is 9.07. The van der Waals surface area contributed by atoms with E-state index in [1.165, 1.54) is 25.0 Å². The first-order valence-electron chi connectivity index (χ1n) is 10.1. The van der Waals surface area contributed by atoms with Gasteiger partial charge < -0.3 is 19.3 Å². The van der Waals surface area contributed by atoms with E-state index in [-0.39, 0.29) is 24.4 Å². The molecule has 0 spiro atoms. The van der Waals surface area contributed by atoms with Crippen molar-refractivity contribution >= 4 is 11.7 Å². The average Bonchev–Trinajstić information content (AvgIpc) is 3.29. The van der Waals surface area contributed by atoms with Gasteiger partial charge in [-0.1, -0.05) is 0 Å². The van der Waals surface area contributed by atoms with Gasteiger partial charge in [0, 0.05) is 45.1 Å². The van der Waals surface area contributed by atoms with Crippen LogP contribution in [0, 0.1) is 5.82 Å². The third-order valence-corrected chi connectivity index (χ3v) is 5.31. The molecule has 0 unspecified atom stereocenters.